The van der Waals surface area contributed by atoms with Crippen LogP contribution >= 0.6 is 11.3 Å². The lowest BCUT2D eigenvalue weighted by Gasteiger charge is -2.26. The molecule has 1 aliphatic heterocycles. The van der Waals surface area contributed by atoms with Crippen molar-refractivity contribution < 1.29 is 14.8 Å². The normalized spacial score (nSPS) is 13.8. The number of hydroxylamine groups is 1. The molecule has 122 valence electrons. The number of thiophene rings is 1. The number of nitrogens with zero attached hydrogens (tertiary/aromatic N) is 4. The van der Waals surface area contributed by atoms with Gasteiger partial charge >= 0.3 is 5.91 Å². The van der Waals surface area contributed by atoms with Crippen molar-refractivity contribution in [3.63, 3.8) is 0 Å². The van der Waals surface area contributed by atoms with Gasteiger partial charge in [0.1, 0.15) is 5.82 Å². The molecule has 4 rings (SSSR count). The van der Waals surface area contributed by atoms with Crippen LogP contribution in [0.25, 0.3) is 10.1 Å². The molecule has 0 unspecified atom stereocenters. The number of benzene rings is 1. The number of fused-ring (bicyclic) bond motifs is 2. The summed E-state index contributed by atoms with van der Waals surface area (Å²) < 4.78 is 2.65. The molecule has 0 aliphatic carbocycles. The summed E-state index contributed by atoms with van der Waals surface area (Å²) in [5.74, 6) is -0.407. The summed E-state index contributed by atoms with van der Waals surface area (Å²) in [5, 5.41) is 13.7. The Bertz CT molecular complexity index is 915. The Hall–Kier alpha value is -2.78. The number of amides is 2. The van der Waals surface area contributed by atoms with Crippen LogP contribution in [0.3, 0.4) is 0 Å². The fraction of sp³-hybridized carbons (Fsp3) is 0.200. The summed E-state index contributed by atoms with van der Waals surface area (Å²) in [6, 6.07) is 9.76. The minimum absolute atomic E-state index is 0.0568. The van der Waals surface area contributed by atoms with E-state index in [1.165, 1.54) is 16.8 Å². The van der Waals surface area contributed by atoms with E-state index in [4.69, 9.17) is 5.21 Å². The monoisotopic (exact) mass is 343 g/mol. The molecule has 2 aromatic heterocycles. The van der Waals surface area contributed by atoms with E-state index in [2.05, 4.69) is 10.1 Å². The highest BCUT2D eigenvalue weighted by molar-refractivity contribution is 7.20. The van der Waals surface area contributed by atoms with E-state index < -0.39 is 5.91 Å². The van der Waals surface area contributed by atoms with Crippen molar-refractivity contribution in [1.29, 1.82) is 0 Å². The molecule has 1 aliphatic rings. The van der Waals surface area contributed by atoms with Crippen molar-refractivity contribution in [3.8, 4) is 0 Å². The third kappa shape index (κ3) is 2.43. The van der Waals surface area contributed by atoms with E-state index in [0.717, 1.165) is 10.1 Å². The van der Waals surface area contributed by atoms with Gasteiger partial charge in [0.15, 0.2) is 0 Å². The van der Waals surface area contributed by atoms with Crippen molar-refractivity contribution in [2.75, 3.05) is 6.54 Å². The number of hydrogen-bond acceptors (Lipinski definition) is 6. The van der Waals surface area contributed by atoms with Crippen molar-refractivity contribution in [3.05, 3.63) is 46.9 Å². The van der Waals surface area contributed by atoms with Gasteiger partial charge in [0.2, 0.25) is 5.82 Å². The first-order valence-corrected chi connectivity index (χ1v) is 8.13. The van der Waals surface area contributed by atoms with Gasteiger partial charge in [-0.1, -0.05) is 18.2 Å². The first kappa shape index (κ1) is 14.8. The van der Waals surface area contributed by atoms with Gasteiger partial charge in [0, 0.05) is 11.2 Å². The van der Waals surface area contributed by atoms with Gasteiger partial charge in [-0.15, -0.1) is 16.4 Å². The minimum atomic E-state index is -0.765. The maximum absolute atomic E-state index is 12.7. The highest BCUT2D eigenvalue weighted by Gasteiger charge is 2.26. The van der Waals surface area contributed by atoms with Crippen LogP contribution in [0, 0.1) is 0 Å². The summed E-state index contributed by atoms with van der Waals surface area (Å²) in [6.45, 7) is 1.22. The molecule has 8 nitrogen and oxygen atoms in total. The smallest absolute Gasteiger partial charge is 0.314 e. The first-order chi connectivity index (χ1) is 11.7. The van der Waals surface area contributed by atoms with Crippen molar-refractivity contribution in [2.24, 2.45) is 0 Å². The molecule has 0 spiro atoms. The summed E-state index contributed by atoms with van der Waals surface area (Å²) in [5.41, 5.74) is 1.51. The largest absolute Gasteiger partial charge is 0.329 e. The molecule has 0 radical (unpaired) electrons. The number of hydrogen-bond donors (Lipinski definition) is 2. The van der Waals surface area contributed by atoms with Crippen LogP contribution in [0.4, 0.5) is 0 Å². The predicted molar refractivity (Wildman–Crippen MR) is 85.8 cm³/mol. The molecule has 3 heterocycles. The maximum atomic E-state index is 12.7. The van der Waals surface area contributed by atoms with Gasteiger partial charge in [0.25, 0.3) is 5.91 Å². The Morgan fingerprint density at radius 1 is 1.25 bits per heavy atom. The molecule has 0 saturated carbocycles. The van der Waals surface area contributed by atoms with Crippen LogP contribution in [0.15, 0.2) is 30.3 Å². The topological polar surface area (TPSA) is 100 Å². The number of rotatable bonds is 2. The van der Waals surface area contributed by atoms with E-state index in [9.17, 15) is 9.59 Å². The highest BCUT2D eigenvalue weighted by atomic mass is 32.1. The number of aromatic nitrogens is 3. The minimum Gasteiger partial charge on any atom is -0.329 e. The number of carbonyl (C=O) groups excluding carboxylic acids is 2. The Morgan fingerprint density at radius 2 is 2.08 bits per heavy atom. The van der Waals surface area contributed by atoms with Gasteiger partial charge < -0.3 is 4.90 Å². The molecule has 0 saturated heterocycles. The van der Waals surface area contributed by atoms with Crippen LogP contribution < -0.4 is 5.48 Å². The average Bonchev–Trinajstić information content (AvgIpc) is 3.23. The second-order valence-corrected chi connectivity index (χ2v) is 6.47. The fourth-order valence-electron chi connectivity index (χ4n) is 2.70. The predicted octanol–water partition coefficient (Wildman–Crippen LogP) is 1.27. The Morgan fingerprint density at radius 3 is 2.88 bits per heavy atom. The lowest BCUT2D eigenvalue weighted by Crippen LogP contribution is -2.38. The lowest BCUT2D eigenvalue weighted by atomic mass is 10.2. The Labute approximate surface area is 140 Å². The molecular weight excluding hydrogens is 330 g/mol. The molecule has 1 aromatic carbocycles. The van der Waals surface area contributed by atoms with E-state index in [-0.39, 0.29) is 18.3 Å². The molecule has 0 bridgehead atoms. The van der Waals surface area contributed by atoms with Crippen molar-refractivity contribution in [2.45, 2.75) is 13.1 Å². The average molecular weight is 343 g/mol. The third-order valence-electron chi connectivity index (χ3n) is 3.89. The first-order valence-electron chi connectivity index (χ1n) is 7.32. The van der Waals surface area contributed by atoms with Crippen molar-refractivity contribution >= 4 is 33.2 Å². The van der Waals surface area contributed by atoms with Gasteiger partial charge in [-0.25, -0.2) is 15.1 Å². The third-order valence-corrected chi connectivity index (χ3v) is 4.99. The number of carbonyl (C=O) groups is 2. The van der Waals surface area contributed by atoms with Crippen LogP contribution in [0.2, 0.25) is 0 Å². The summed E-state index contributed by atoms with van der Waals surface area (Å²) in [4.78, 5) is 30.6. The van der Waals surface area contributed by atoms with E-state index in [1.54, 1.807) is 9.58 Å². The zero-order valence-corrected chi connectivity index (χ0v) is 13.3. The van der Waals surface area contributed by atoms with Crippen LogP contribution in [-0.4, -0.2) is 43.2 Å². The summed E-state index contributed by atoms with van der Waals surface area (Å²) in [7, 11) is 0. The van der Waals surface area contributed by atoms with Gasteiger partial charge in [0.05, 0.1) is 18.0 Å². The second-order valence-electron chi connectivity index (χ2n) is 5.39. The maximum Gasteiger partial charge on any atom is 0.314 e. The molecule has 2 N–H and O–H groups in total. The highest BCUT2D eigenvalue weighted by Crippen LogP contribution is 2.27. The Kier molecular flexibility index (Phi) is 3.51. The number of nitrogens with one attached hydrogen (secondary N) is 1. The van der Waals surface area contributed by atoms with Crippen LogP contribution in [0.5, 0.6) is 0 Å². The molecule has 9 heteroatoms. The molecule has 2 amide bonds. The van der Waals surface area contributed by atoms with Gasteiger partial charge in [-0.3, -0.25) is 14.8 Å². The standard InChI is InChI=1S/C15H13N5O3S/c21-14(18-23)13-16-12-8-19(5-6-20(12)17-13)15(22)11-7-9-3-1-2-4-10(9)24-11/h1-4,7,23H,5-6,8H2,(H,18,21). The van der Waals surface area contributed by atoms with Gasteiger partial charge in [-0.2, -0.15) is 0 Å². The van der Waals surface area contributed by atoms with Gasteiger partial charge in [-0.05, 0) is 17.5 Å². The molecular formula is C15H13N5O3S. The van der Waals surface area contributed by atoms with E-state index in [1.807, 2.05) is 30.3 Å². The van der Waals surface area contributed by atoms with E-state index in [0.29, 0.717) is 23.8 Å². The van der Waals surface area contributed by atoms with Crippen molar-refractivity contribution in [1.82, 2.24) is 25.1 Å². The second kappa shape index (κ2) is 5.69. The van der Waals surface area contributed by atoms with Crippen LogP contribution in [-0.2, 0) is 13.1 Å². The zero-order chi connectivity index (χ0) is 16.7. The summed E-state index contributed by atoms with van der Waals surface area (Å²) >= 11 is 1.46. The fourth-order valence-corrected chi connectivity index (χ4v) is 3.73. The zero-order valence-electron chi connectivity index (χ0n) is 12.5. The summed E-state index contributed by atoms with van der Waals surface area (Å²) in [6.07, 6.45) is 0. The molecule has 3 aromatic rings. The van der Waals surface area contributed by atoms with E-state index >= 15 is 0 Å². The quantitative estimate of drug-likeness (QED) is 0.539. The molecule has 24 heavy (non-hydrogen) atoms. The Balaban J connectivity index is 1.58. The SMILES string of the molecule is O=C(NO)c1nc2n(n1)CCN(C(=O)c1cc3ccccc3s1)C2. The molecule has 0 fully saturated rings. The van der Waals surface area contributed by atoms with Crippen LogP contribution in [0.1, 0.15) is 26.1 Å². The lowest BCUT2D eigenvalue weighted by molar-refractivity contribution is 0.0690. The molecule has 0 atom stereocenters.